The predicted molar refractivity (Wildman–Crippen MR) is 90.9 cm³/mol. The van der Waals surface area contributed by atoms with E-state index in [1.807, 2.05) is 0 Å². The highest BCUT2D eigenvalue weighted by Crippen LogP contribution is 2.39. The van der Waals surface area contributed by atoms with E-state index in [4.69, 9.17) is 0 Å². The number of ketones is 1. The molecule has 0 heterocycles. The van der Waals surface area contributed by atoms with Gasteiger partial charge in [0.15, 0.2) is 0 Å². The first-order valence-corrected chi connectivity index (χ1v) is 8.01. The molecular weight excluding hydrogens is 384 g/mol. The van der Waals surface area contributed by atoms with Crippen LogP contribution in [0.25, 0.3) is 10.8 Å². The lowest BCUT2D eigenvalue weighted by Gasteiger charge is -2.13. The van der Waals surface area contributed by atoms with Crippen molar-refractivity contribution in [3.63, 3.8) is 0 Å². The van der Waals surface area contributed by atoms with E-state index in [9.17, 15) is 31.1 Å². The van der Waals surface area contributed by atoms with Gasteiger partial charge < -0.3 is 0 Å². The minimum atomic E-state index is -4.99. The third-order valence-electron chi connectivity index (χ3n) is 4.43. The van der Waals surface area contributed by atoms with E-state index in [2.05, 4.69) is 4.99 Å². The normalized spacial score (nSPS) is 15.6. The lowest BCUT2D eigenvalue weighted by atomic mass is 10.1. The number of alkyl halides is 6. The van der Waals surface area contributed by atoms with Gasteiger partial charge in [0, 0.05) is 16.5 Å². The fourth-order valence-electron chi connectivity index (χ4n) is 3.22. The van der Waals surface area contributed by atoms with Gasteiger partial charge >= 0.3 is 12.4 Å². The van der Waals surface area contributed by atoms with Crippen LogP contribution in [0.3, 0.4) is 0 Å². The van der Waals surface area contributed by atoms with Crippen LogP contribution in [0.15, 0.2) is 59.6 Å². The van der Waals surface area contributed by atoms with Gasteiger partial charge in [-0.2, -0.15) is 26.3 Å². The molecule has 0 aromatic heterocycles. The minimum Gasteiger partial charge on any atom is -0.287 e. The second kappa shape index (κ2) is 5.92. The summed E-state index contributed by atoms with van der Waals surface area (Å²) >= 11 is 0. The van der Waals surface area contributed by atoms with Gasteiger partial charge in [0.2, 0.25) is 5.78 Å². The maximum Gasteiger partial charge on any atom is 0.416 e. The monoisotopic (exact) mass is 393 g/mol. The number of hydrogen-bond acceptors (Lipinski definition) is 2. The van der Waals surface area contributed by atoms with Gasteiger partial charge in [-0.25, -0.2) is 4.99 Å². The molecule has 0 aliphatic heterocycles. The molecule has 0 radical (unpaired) electrons. The Morgan fingerprint density at radius 1 is 0.714 bits per heavy atom. The van der Waals surface area contributed by atoms with Crippen molar-refractivity contribution in [1.82, 2.24) is 0 Å². The van der Waals surface area contributed by atoms with Gasteiger partial charge in [0.25, 0.3) is 0 Å². The van der Waals surface area contributed by atoms with Gasteiger partial charge in [-0.3, -0.25) is 4.79 Å². The van der Waals surface area contributed by atoms with Crippen LogP contribution in [0.5, 0.6) is 0 Å². The zero-order chi connectivity index (χ0) is 20.3. The van der Waals surface area contributed by atoms with E-state index < -0.39 is 35.0 Å². The average Bonchev–Trinajstić information content (AvgIpc) is 2.88. The molecule has 0 atom stereocenters. The largest absolute Gasteiger partial charge is 0.416 e. The Labute approximate surface area is 154 Å². The van der Waals surface area contributed by atoms with Crippen LogP contribution in [0.2, 0.25) is 0 Å². The molecule has 3 aromatic rings. The summed E-state index contributed by atoms with van der Waals surface area (Å²) in [6, 6.07) is 10.9. The third kappa shape index (κ3) is 2.94. The number of nitrogens with zero attached hydrogens (tertiary/aromatic N) is 1. The Hall–Kier alpha value is -3.16. The average molecular weight is 393 g/mol. The fraction of sp³-hybridized carbons (Fsp3) is 0.100. The molecule has 1 aliphatic rings. The number of hydrogen-bond donors (Lipinski definition) is 0. The molecule has 142 valence electrons. The van der Waals surface area contributed by atoms with E-state index >= 15 is 0 Å². The number of carbonyl (C=O) groups is 1. The molecule has 0 N–H and O–H groups in total. The summed E-state index contributed by atoms with van der Waals surface area (Å²) in [4.78, 5) is 16.6. The van der Waals surface area contributed by atoms with Crippen molar-refractivity contribution in [2.45, 2.75) is 12.4 Å². The molecule has 0 saturated heterocycles. The van der Waals surface area contributed by atoms with Gasteiger partial charge in [0.05, 0.1) is 16.8 Å². The molecule has 8 heteroatoms. The summed E-state index contributed by atoms with van der Waals surface area (Å²) in [5, 5.41) is 1.31. The van der Waals surface area contributed by atoms with Crippen LogP contribution in [-0.4, -0.2) is 11.5 Å². The predicted octanol–water partition coefficient (Wildman–Crippen LogP) is 6.19. The first kappa shape index (κ1) is 18.2. The zero-order valence-corrected chi connectivity index (χ0v) is 13.8. The first-order valence-electron chi connectivity index (χ1n) is 8.01. The maximum absolute atomic E-state index is 13.0. The number of rotatable bonds is 1. The second-order valence-electron chi connectivity index (χ2n) is 6.26. The maximum atomic E-state index is 13.0. The molecule has 4 rings (SSSR count). The molecule has 3 aromatic carbocycles. The van der Waals surface area contributed by atoms with Gasteiger partial charge in [0.1, 0.15) is 5.71 Å². The Morgan fingerprint density at radius 2 is 1.25 bits per heavy atom. The smallest absolute Gasteiger partial charge is 0.287 e. The quantitative estimate of drug-likeness (QED) is 0.453. The summed E-state index contributed by atoms with van der Waals surface area (Å²) in [7, 11) is 0. The van der Waals surface area contributed by atoms with E-state index in [0.717, 1.165) is 5.39 Å². The van der Waals surface area contributed by atoms with Crippen molar-refractivity contribution in [3.8, 4) is 0 Å². The van der Waals surface area contributed by atoms with Crippen LogP contribution >= 0.6 is 0 Å². The van der Waals surface area contributed by atoms with Crippen LogP contribution in [0, 0.1) is 0 Å². The molecule has 2 nitrogen and oxygen atoms in total. The number of halogens is 6. The SMILES string of the molecule is O=C1C(=Nc2cc(C(F)(F)F)cc(C(F)(F)F)c2)c2cccc3cccc1c23. The van der Waals surface area contributed by atoms with Crippen molar-refractivity contribution >= 4 is 28.0 Å². The lowest BCUT2D eigenvalue weighted by Crippen LogP contribution is -2.11. The fourth-order valence-corrected chi connectivity index (χ4v) is 3.22. The summed E-state index contributed by atoms with van der Waals surface area (Å²) in [6.07, 6.45) is -9.97. The van der Waals surface area contributed by atoms with Crippen LogP contribution in [0.1, 0.15) is 27.0 Å². The number of aliphatic imine (C=N–C) groups is 1. The van der Waals surface area contributed by atoms with Crippen LogP contribution < -0.4 is 0 Å². The molecule has 28 heavy (non-hydrogen) atoms. The van der Waals surface area contributed by atoms with Crippen LogP contribution in [0.4, 0.5) is 32.0 Å². The standard InChI is InChI=1S/C20H9F6NO/c21-19(22,23)11-7-12(20(24,25)26)9-13(8-11)27-17-14-5-1-3-10-4-2-6-15(16(10)14)18(17)28/h1-9H. The minimum absolute atomic E-state index is 0.0234. The Balaban J connectivity index is 1.93. The number of Topliss-reactive ketones (excluding diaryl/α,β-unsaturated/α-hetero) is 1. The number of benzene rings is 3. The topological polar surface area (TPSA) is 29.4 Å². The van der Waals surface area contributed by atoms with Gasteiger partial charge in [-0.05, 0) is 23.6 Å². The summed E-state index contributed by atoms with van der Waals surface area (Å²) in [5.41, 5.74) is -3.04. The lowest BCUT2D eigenvalue weighted by molar-refractivity contribution is -0.143. The molecule has 0 saturated carbocycles. The summed E-state index contributed by atoms with van der Waals surface area (Å²) < 4.78 is 78.3. The second-order valence-corrected chi connectivity index (χ2v) is 6.26. The zero-order valence-electron chi connectivity index (χ0n) is 13.8. The highest BCUT2D eigenvalue weighted by atomic mass is 19.4. The van der Waals surface area contributed by atoms with Gasteiger partial charge in [-0.1, -0.05) is 36.4 Å². The molecule has 0 bridgehead atoms. The van der Waals surface area contributed by atoms with Crippen molar-refractivity contribution in [1.29, 1.82) is 0 Å². The van der Waals surface area contributed by atoms with E-state index in [0.29, 0.717) is 28.6 Å². The number of carbonyl (C=O) groups excluding carboxylic acids is 1. The molecule has 0 amide bonds. The van der Waals surface area contributed by atoms with Crippen molar-refractivity contribution in [2.24, 2.45) is 4.99 Å². The highest BCUT2D eigenvalue weighted by Gasteiger charge is 2.37. The Kier molecular flexibility index (Phi) is 3.85. The Bertz CT molecular complexity index is 1120. The third-order valence-corrected chi connectivity index (χ3v) is 4.43. The summed E-state index contributed by atoms with van der Waals surface area (Å²) in [5.74, 6) is -0.544. The van der Waals surface area contributed by atoms with Crippen molar-refractivity contribution in [2.75, 3.05) is 0 Å². The van der Waals surface area contributed by atoms with Crippen molar-refractivity contribution < 1.29 is 31.1 Å². The molecule has 0 spiro atoms. The van der Waals surface area contributed by atoms with Crippen molar-refractivity contribution in [3.05, 3.63) is 76.9 Å². The molecule has 0 unspecified atom stereocenters. The highest BCUT2D eigenvalue weighted by molar-refractivity contribution is 6.59. The van der Waals surface area contributed by atoms with E-state index in [1.165, 1.54) is 0 Å². The van der Waals surface area contributed by atoms with Gasteiger partial charge in [-0.15, -0.1) is 0 Å². The first-order chi connectivity index (χ1) is 13.1. The molecule has 0 fully saturated rings. The van der Waals surface area contributed by atoms with E-state index in [1.54, 1.807) is 36.4 Å². The van der Waals surface area contributed by atoms with E-state index in [-0.39, 0.29) is 11.8 Å². The summed E-state index contributed by atoms with van der Waals surface area (Å²) in [6.45, 7) is 0. The van der Waals surface area contributed by atoms with Crippen LogP contribution in [-0.2, 0) is 12.4 Å². The Morgan fingerprint density at radius 3 is 1.79 bits per heavy atom. The molecular formula is C20H9F6NO. The molecule has 1 aliphatic carbocycles.